The highest BCUT2D eigenvalue weighted by Crippen LogP contribution is 2.25. The number of esters is 3. The predicted octanol–water partition coefficient (Wildman–Crippen LogP) is -0.612. The molecule has 0 saturated heterocycles. The van der Waals surface area contributed by atoms with Crippen molar-refractivity contribution in [2.24, 2.45) is 10.3 Å². The maximum atomic E-state index is 11.7. The molecule has 1 amide bonds. The van der Waals surface area contributed by atoms with Gasteiger partial charge >= 0.3 is 17.9 Å². The Bertz CT molecular complexity index is 1990. The summed E-state index contributed by atoms with van der Waals surface area (Å²) >= 11 is 0. The summed E-state index contributed by atoms with van der Waals surface area (Å²) in [5.41, 5.74) is 5.21. The van der Waals surface area contributed by atoms with E-state index in [2.05, 4.69) is 29.0 Å². The first-order chi connectivity index (χ1) is 23.2. The van der Waals surface area contributed by atoms with Crippen LogP contribution in [0.2, 0.25) is 0 Å². The molecule has 25 heteroatoms. The van der Waals surface area contributed by atoms with E-state index in [9.17, 15) is 52.8 Å². The second-order valence-electron chi connectivity index (χ2n) is 9.62. The number of hydrogen-bond donors (Lipinski definition) is 6. The first-order valence-electron chi connectivity index (χ1n) is 14.0. The molecular weight excluding hydrogens is 765 g/mol. The molecule has 0 radical (unpaired) electrons. The fraction of sp³-hybridized carbons (Fsp3) is 0.385. The van der Waals surface area contributed by atoms with Crippen molar-refractivity contribution in [3.8, 4) is 0 Å². The van der Waals surface area contributed by atoms with Gasteiger partial charge in [-0.3, -0.25) is 28.6 Å². The fourth-order valence-corrected chi connectivity index (χ4v) is 5.79. The number of nitrogen functional groups attached to an aromatic ring is 1. The number of ether oxygens (including phenoxy) is 3. The van der Waals surface area contributed by atoms with Crippen LogP contribution in [0.25, 0.3) is 0 Å². The van der Waals surface area contributed by atoms with E-state index in [0.29, 0.717) is 0 Å². The van der Waals surface area contributed by atoms with Crippen LogP contribution in [0.3, 0.4) is 0 Å². The van der Waals surface area contributed by atoms with Crippen molar-refractivity contribution in [2.75, 3.05) is 52.8 Å². The second-order valence-corrected chi connectivity index (χ2v) is 16.2. The first-order valence-corrected chi connectivity index (χ1v) is 20.9. The summed E-state index contributed by atoms with van der Waals surface area (Å²) in [6.07, 6.45) is 0.932. The standard InChI is InChI=1S/C12H17N3O7S2.C7H11N3O4S2.C7H12O4/c1-3-22-12(17)7-11(16)14-9-5-4-8(15-23(2,18)19)6-10(9)24(13,20)21;1-15(11,12)10-5-2-3-6(8)7(4-5)16(9,13)14;1-3-10-6(8)5-7(9)11-4-2/h4-6,15H,3,7H2,1-2H3,(H,14,16)(H2,13,20,21);2-4,10H,8H2,1H3,(H2,9,13,14);3-5H2,1-2H3. The number of benzene rings is 2. The van der Waals surface area contributed by atoms with E-state index in [4.69, 9.17) is 16.0 Å². The number of sulfonamides is 4. The SMILES string of the molecule is CCOC(=O)CC(=O)Nc1ccc(NS(C)(=O)=O)cc1S(N)(=O)=O.CCOC(=O)CC(=O)OCC.CS(=O)(=O)Nc1ccc(N)c(S(N)(=O)=O)c1. The summed E-state index contributed by atoms with van der Waals surface area (Å²) in [6, 6.07) is 6.99. The Kier molecular flexibility index (Phi) is 18.5. The zero-order valence-corrected chi connectivity index (χ0v) is 31.3. The highest BCUT2D eigenvalue weighted by Gasteiger charge is 2.19. The van der Waals surface area contributed by atoms with Gasteiger partial charge in [-0.25, -0.2) is 43.9 Å². The van der Waals surface area contributed by atoms with Crippen LogP contribution in [-0.4, -0.2) is 89.8 Å². The van der Waals surface area contributed by atoms with Crippen LogP contribution in [0, 0.1) is 0 Å². The van der Waals surface area contributed by atoms with Crippen LogP contribution in [0.4, 0.5) is 22.7 Å². The number of nitrogens with two attached hydrogens (primary N) is 3. The molecule has 0 fully saturated rings. The number of primary sulfonamides is 2. The Morgan fingerprint density at radius 3 is 1.35 bits per heavy atom. The van der Waals surface area contributed by atoms with Gasteiger partial charge in [-0.15, -0.1) is 0 Å². The molecule has 0 aliphatic carbocycles. The first kappa shape index (κ1) is 46.4. The van der Waals surface area contributed by atoms with E-state index in [1.807, 2.05) is 0 Å². The molecular formula is C26H40N6O15S4. The van der Waals surface area contributed by atoms with Gasteiger partial charge in [0.15, 0.2) is 0 Å². The predicted molar refractivity (Wildman–Crippen MR) is 185 cm³/mol. The topological polar surface area (TPSA) is 347 Å². The Morgan fingerprint density at radius 2 is 0.980 bits per heavy atom. The Balaban J connectivity index is 0.000000798. The summed E-state index contributed by atoms with van der Waals surface area (Å²) in [5.74, 6) is -2.65. The molecule has 0 atom stereocenters. The van der Waals surface area contributed by atoms with Crippen LogP contribution < -0.4 is 30.8 Å². The molecule has 2 aromatic carbocycles. The molecule has 0 spiro atoms. The zero-order valence-electron chi connectivity index (χ0n) is 28.0. The average Bonchev–Trinajstić information content (AvgIpc) is 2.93. The van der Waals surface area contributed by atoms with Gasteiger partial charge < -0.3 is 25.3 Å². The van der Waals surface area contributed by atoms with E-state index in [1.165, 1.54) is 18.2 Å². The third-order valence-corrected chi connectivity index (χ3v) is 8.13. The van der Waals surface area contributed by atoms with E-state index < -0.39 is 75.2 Å². The van der Waals surface area contributed by atoms with E-state index >= 15 is 0 Å². The molecule has 9 N–H and O–H groups in total. The fourth-order valence-electron chi connectivity index (χ4n) is 3.28. The molecule has 0 aromatic heterocycles. The monoisotopic (exact) mass is 804 g/mol. The molecule has 21 nitrogen and oxygen atoms in total. The lowest BCUT2D eigenvalue weighted by molar-refractivity contribution is -0.154. The lowest BCUT2D eigenvalue weighted by Crippen LogP contribution is -2.21. The molecule has 288 valence electrons. The lowest BCUT2D eigenvalue weighted by Gasteiger charge is -2.12. The van der Waals surface area contributed by atoms with E-state index in [0.717, 1.165) is 30.7 Å². The van der Waals surface area contributed by atoms with Gasteiger partial charge in [-0.2, -0.15) is 0 Å². The van der Waals surface area contributed by atoms with Crippen LogP contribution in [-0.2, 0) is 73.5 Å². The number of anilines is 4. The van der Waals surface area contributed by atoms with Gasteiger partial charge in [0, 0.05) is 11.4 Å². The average molecular weight is 805 g/mol. The van der Waals surface area contributed by atoms with Crippen molar-refractivity contribution < 1.29 is 67.1 Å². The molecule has 0 saturated carbocycles. The minimum Gasteiger partial charge on any atom is -0.466 e. The number of carbonyl (C=O) groups is 4. The van der Waals surface area contributed by atoms with Gasteiger partial charge in [0.25, 0.3) is 0 Å². The normalized spacial score (nSPS) is 11.3. The van der Waals surface area contributed by atoms with Gasteiger partial charge in [0.05, 0.1) is 43.7 Å². The van der Waals surface area contributed by atoms with Crippen LogP contribution in [0.15, 0.2) is 46.2 Å². The van der Waals surface area contributed by atoms with Crippen molar-refractivity contribution in [3.05, 3.63) is 36.4 Å². The summed E-state index contributed by atoms with van der Waals surface area (Å²) < 4.78 is 108. The van der Waals surface area contributed by atoms with Crippen LogP contribution in [0.1, 0.15) is 33.6 Å². The molecule has 51 heavy (non-hydrogen) atoms. The van der Waals surface area contributed by atoms with Crippen molar-refractivity contribution >= 4 is 86.7 Å². The molecule has 0 aliphatic rings. The third-order valence-electron chi connectivity index (χ3n) is 5.00. The number of nitrogens with one attached hydrogen (secondary N) is 3. The maximum Gasteiger partial charge on any atom is 0.317 e. The molecule has 0 aliphatic heterocycles. The van der Waals surface area contributed by atoms with Gasteiger partial charge in [-0.05, 0) is 57.2 Å². The summed E-state index contributed by atoms with van der Waals surface area (Å²) in [7, 11) is -15.3. The minimum atomic E-state index is -4.26. The minimum absolute atomic E-state index is 0.0402. The highest BCUT2D eigenvalue weighted by atomic mass is 32.2. The van der Waals surface area contributed by atoms with Crippen molar-refractivity contribution in [1.29, 1.82) is 0 Å². The largest absolute Gasteiger partial charge is 0.466 e. The Labute approximate surface area is 295 Å². The van der Waals surface area contributed by atoms with Crippen molar-refractivity contribution in [3.63, 3.8) is 0 Å². The number of hydrogen-bond acceptors (Lipinski definition) is 16. The molecule has 2 aromatic rings. The quantitative estimate of drug-likeness (QED) is 0.0600. The third kappa shape index (κ3) is 20.6. The molecule has 2 rings (SSSR count). The maximum absolute atomic E-state index is 11.7. The molecule has 0 heterocycles. The van der Waals surface area contributed by atoms with E-state index in [-0.39, 0.29) is 53.9 Å². The summed E-state index contributed by atoms with van der Waals surface area (Å²) in [4.78, 5) is 43.4. The van der Waals surface area contributed by atoms with Gasteiger partial charge in [-0.1, -0.05) is 0 Å². The van der Waals surface area contributed by atoms with Crippen molar-refractivity contribution in [1.82, 2.24) is 0 Å². The highest BCUT2D eigenvalue weighted by molar-refractivity contribution is 7.92. The number of amides is 1. The lowest BCUT2D eigenvalue weighted by atomic mass is 10.2. The zero-order chi connectivity index (χ0) is 39.8. The summed E-state index contributed by atoms with van der Waals surface area (Å²) in [5, 5.41) is 12.2. The second kappa shape index (κ2) is 20.3. The van der Waals surface area contributed by atoms with Crippen LogP contribution in [0.5, 0.6) is 0 Å². The Hall–Kier alpha value is -4.56. The van der Waals surface area contributed by atoms with Crippen LogP contribution >= 0.6 is 0 Å². The van der Waals surface area contributed by atoms with E-state index in [1.54, 1.807) is 20.8 Å². The number of carbonyl (C=O) groups excluding carboxylic acids is 4. The summed E-state index contributed by atoms with van der Waals surface area (Å²) in [6.45, 7) is 5.62. The molecule has 0 bridgehead atoms. The van der Waals surface area contributed by atoms with Crippen molar-refractivity contribution in [2.45, 2.75) is 43.4 Å². The smallest absolute Gasteiger partial charge is 0.317 e. The number of rotatable bonds is 14. The molecule has 0 unspecified atom stereocenters. The Morgan fingerprint density at radius 1 is 0.608 bits per heavy atom. The van der Waals surface area contributed by atoms with Gasteiger partial charge in [0.2, 0.25) is 46.0 Å². The van der Waals surface area contributed by atoms with Gasteiger partial charge in [0.1, 0.15) is 22.6 Å².